The van der Waals surface area contributed by atoms with Crippen molar-refractivity contribution in [1.82, 2.24) is 14.6 Å². The maximum absolute atomic E-state index is 13.1. The summed E-state index contributed by atoms with van der Waals surface area (Å²) in [7, 11) is -4.42. The third kappa shape index (κ3) is 6.15. The Kier molecular flexibility index (Phi) is 7.85. The molecule has 0 aliphatic rings. The normalized spacial score (nSPS) is 13.2. The van der Waals surface area contributed by atoms with Gasteiger partial charge in [0.15, 0.2) is 0 Å². The van der Waals surface area contributed by atoms with Crippen LogP contribution in [0.4, 0.5) is 0 Å². The summed E-state index contributed by atoms with van der Waals surface area (Å²) >= 11 is 2.59. The minimum absolute atomic E-state index is 0.0529. The van der Waals surface area contributed by atoms with Gasteiger partial charge in [-0.3, -0.25) is 10.0 Å². The van der Waals surface area contributed by atoms with E-state index in [-0.39, 0.29) is 9.36 Å². The lowest BCUT2D eigenvalue weighted by Gasteiger charge is -2.35. The molecule has 3 rings (SSSR count). The fraction of sp³-hybridized carbons (Fsp3) is 0.286. The minimum atomic E-state index is -4.42. The molecule has 3 N–H and O–H groups in total. The molecule has 0 aliphatic carbocycles. The number of aromatic nitrogens is 2. The van der Waals surface area contributed by atoms with E-state index in [1.165, 1.54) is 35.7 Å². The first-order chi connectivity index (χ1) is 15.5. The third-order valence-corrected chi connectivity index (χ3v) is 8.58. The first-order valence-corrected chi connectivity index (χ1v) is 13.0. The number of hydrogen-bond acceptors (Lipinski definition) is 9. The molecular formula is C21H24N4O5S3. The van der Waals surface area contributed by atoms with Crippen molar-refractivity contribution in [3.63, 3.8) is 0 Å². The molecule has 2 aromatic heterocycles. The number of nitrogens with zero attached hydrogens (tertiary/aromatic N) is 3. The number of amides is 1. The van der Waals surface area contributed by atoms with Gasteiger partial charge in [0.05, 0.1) is 10.6 Å². The van der Waals surface area contributed by atoms with Crippen LogP contribution in [0.25, 0.3) is 0 Å². The highest BCUT2D eigenvalue weighted by Gasteiger charge is 2.44. The van der Waals surface area contributed by atoms with E-state index in [2.05, 4.69) is 10.1 Å². The van der Waals surface area contributed by atoms with Gasteiger partial charge in [0.2, 0.25) is 5.91 Å². The fourth-order valence-corrected chi connectivity index (χ4v) is 6.21. The quantitative estimate of drug-likeness (QED) is 0.394. The molecule has 176 valence electrons. The minimum Gasteiger partial charge on any atom is -0.368 e. The summed E-state index contributed by atoms with van der Waals surface area (Å²) < 4.78 is 30.2. The standard InChI is InChI=1S/C21H24N4O5S3/c1-14-12-15(24-30-14)13-31-21(2,3)19(20(22)26)25(27)33(28,29)17-9-7-16(8-10-17)32-18-6-4-5-11-23-18/h4-12,19,27H,13H2,1-3H3,(H2,22,26)/t19-/m0/s1. The van der Waals surface area contributed by atoms with Gasteiger partial charge in [-0.25, -0.2) is 13.4 Å². The van der Waals surface area contributed by atoms with E-state index in [4.69, 9.17) is 10.3 Å². The largest absolute Gasteiger partial charge is 0.368 e. The number of primary amides is 1. The van der Waals surface area contributed by atoms with E-state index in [9.17, 15) is 18.4 Å². The molecule has 0 fully saturated rings. The maximum atomic E-state index is 13.1. The predicted molar refractivity (Wildman–Crippen MR) is 125 cm³/mol. The van der Waals surface area contributed by atoms with Gasteiger partial charge < -0.3 is 10.3 Å². The van der Waals surface area contributed by atoms with Crippen LogP contribution in [0, 0.1) is 6.92 Å². The van der Waals surface area contributed by atoms with Crippen LogP contribution < -0.4 is 5.73 Å². The van der Waals surface area contributed by atoms with Crippen LogP contribution in [0.3, 0.4) is 0 Å². The Morgan fingerprint density at radius 2 is 1.94 bits per heavy atom. The predicted octanol–water partition coefficient (Wildman–Crippen LogP) is 3.48. The van der Waals surface area contributed by atoms with Crippen LogP contribution in [-0.4, -0.2) is 44.9 Å². The molecule has 0 saturated carbocycles. The lowest BCUT2D eigenvalue weighted by Crippen LogP contribution is -2.55. The van der Waals surface area contributed by atoms with Crippen LogP contribution in [-0.2, 0) is 20.6 Å². The molecule has 0 spiro atoms. The van der Waals surface area contributed by atoms with E-state index in [1.807, 2.05) is 12.1 Å². The van der Waals surface area contributed by atoms with E-state index >= 15 is 0 Å². The molecule has 33 heavy (non-hydrogen) atoms. The number of nitrogens with two attached hydrogens (primary N) is 1. The smallest absolute Gasteiger partial charge is 0.265 e. The van der Waals surface area contributed by atoms with Crippen molar-refractivity contribution >= 4 is 39.5 Å². The number of pyridine rings is 1. The lowest BCUT2D eigenvalue weighted by atomic mass is 10.0. The first kappa shape index (κ1) is 25.2. The van der Waals surface area contributed by atoms with Crippen molar-refractivity contribution in [2.75, 3.05) is 0 Å². The molecule has 1 amide bonds. The molecule has 3 aromatic rings. The van der Waals surface area contributed by atoms with Crippen LogP contribution in [0.2, 0.25) is 0 Å². The Hall–Kier alpha value is -2.38. The van der Waals surface area contributed by atoms with Gasteiger partial charge in [0.25, 0.3) is 10.0 Å². The van der Waals surface area contributed by atoms with Gasteiger partial charge >= 0.3 is 0 Å². The number of aryl methyl sites for hydroxylation is 1. The van der Waals surface area contributed by atoms with E-state index in [0.29, 0.717) is 17.2 Å². The van der Waals surface area contributed by atoms with Gasteiger partial charge in [-0.05, 0) is 57.2 Å². The van der Waals surface area contributed by atoms with Crippen molar-refractivity contribution in [3.05, 3.63) is 66.2 Å². The number of carbonyl (C=O) groups excluding carboxylic acids is 1. The Morgan fingerprint density at radius 1 is 1.24 bits per heavy atom. The second kappa shape index (κ2) is 10.3. The van der Waals surface area contributed by atoms with Crippen LogP contribution in [0.1, 0.15) is 25.3 Å². The fourth-order valence-electron chi connectivity index (χ4n) is 3.00. The molecule has 1 aromatic carbocycles. The molecule has 2 heterocycles. The van der Waals surface area contributed by atoms with Crippen molar-refractivity contribution in [3.8, 4) is 0 Å². The molecule has 12 heteroatoms. The van der Waals surface area contributed by atoms with Gasteiger partial charge in [-0.2, -0.15) is 0 Å². The van der Waals surface area contributed by atoms with Gasteiger partial charge in [0.1, 0.15) is 16.8 Å². The Labute approximate surface area is 200 Å². The summed E-state index contributed by atoms with van der Waals surface area (Å²) in [6, 6.07) is 11.6. The molecule has 0 bridgehead atoms. The topological polar surface area (TPSA) is 140 Å². The zero-order valence-corrected chi connectivity index (χ0v) is 20.7. The first-order valence-electron chi connectivity index (χ1n) is 9.78. The van der Waals surface area contributed by atoms with Crippen molar-refractivity contribution in [2.45, 2.75) is 52.1 Å². The number of hydrogen-bond donors (Lipinski definition) is 2. The SMILES string of the molecule is Cc1cc(CSC(C)(C)[C@H](C(N)=O)N(O)S(=O)(=O)c2ccc(Sc3ccccn3)cc2)no1. The van der Waals surface area contributed by atoms with E-state index < -0.39 is 26.7 Å². The van der Waals surface area contributed by atoms with Crippen molar-refractivity contribution < 1.29 is 22.9 Å². The third-order valence-electron chi connectivity index (χ3n) is 4.65. The summed E-state index contributed by atoms with van der Waals surface area (Å²) in [5.74, 6) is -0.00957. The number of thioether (sulfide) groups is 1. The summed E-state index contributed by atoms with van der Waals surface area (Å²) in [6.45, 7) is 5.01. The zero-order valence-electron chi connectivity index (χ0n) is 18.2. The molecule has 0 saturated heterocycles. The second-order valence-electron chi connectivity index (χ2n) is 7.64. The van der Waals surface area contributed by atoms with Gasteiger partial charge in [-0.15, -0.1) is 11.8 Å². The Morgan fingerprint density at radius 3 is 2.48 bits per heavy atom. The second-order valence-corrected chi connectivity index (χ2v) is 12.2. The average molecular weight is 509 g/mol. The van der Waals surface area contributed by atoms with Crippen LogP contribution >= 0.6 is 23.5 Å². The highest BCUT2D eigenvalue weighted by molar-refractivity contribution is 8.00. The van der Waals surface area contributed by atoms with Crippen LogP contribution in [0.15, 0.2) is 74.1 Å². The summed E-state index contributed by atoms with van der Waals surface area (Å²) in [5.41, 5.74) is 6.15. The number of sulfonamides is 1. The molecule has 0 radical (unpaired) electrons. The molecule has 1 atom stereocenters. The van der Waals surface area contributed by atoms with E-state index in [0.717, 1.165) is 9.92 Å². The number of benzene rings is 1. The maximum Gasteiger partial charge on any atom is 0.265 e. The molecule has 0 aliphatic heterocycles. The number of hydroxylamine groups is 1. The van der Waals surface area contributed by atoms with Crippen molar-refractivity contribution in [2.24, 2.45) is 5.73 Å². The van der Waals surface area contributed by atoms with Gasteiger partial charge in [0, 0.05) is 27.7 Å². The summed E-state index contributed by atoms with van der Waals surface area (Å²) in [5, 5.41) is 15.3. The van der Waals surface area contributed by atoms with E-state index in [1.54, 1.807) is 51.2 Å². The van der Waals surface area contributed by atoms with Crippen molar-refractivity contribution in [1.29, 1.82) is 0 Å². The average Bonchev–Trinajstić information content (AvgIpc) is 3.18. The monoisotopic (exact) mass is 508 g/mol. The highest BCUT2D eigenvalue weighted by atomic mass is 32.2. The van der Waals surface area contributed by atoms with Crippen LogP contribution in [0.5, 0.6) is 0 Å². The zero-order chi connectivity index (χ0) is 24.2. The molecule has 9 nitrogen and oxygen atoms in total. The molecule has 0 unspecified atom stereocenters. The number of rotatable bonds is 10. The Bertz CT molecular complexity index is 1200. The van der Waals surface area contributed by atoms with Gasteiger partial charge in [-0.1, -0.05) is 27.5 Å². The summed E-state index contributed by atoms with van der Waals surface area (Å²) in [4.78, 5) is 17.0. The lowest BCUT2D eigenvalue weighted by molar-refractivity contribution is -0.132. The summed E-state index contributed by atoms with van der Waals surface area (Å²) in [6.07, 6.45) is 1.67. The number of carbonyl (C=O) groups is 1. The highest BCUT2D eigenvalue weighted by Crippen LogP contribution is 2.35. The molecular weight excluding hydrogens is 484 g/mol. The Balaban J connectivity index is 1.78.